The molecule has 2 heterocycles. The van der Waals surface area contributed by atoms with E-state index >= 15 is 0 Å². The molecule has 0 bridgehead atoms. The van der Waals surface area contributed by atoms with E-state index in [1.54, 1.807) is 12.1 Å². The Morgan fingerprint density at radius 3 is 2.55 bits per heavy atom. The smallest absolute Gasteiger partial charge is 0.331 e. The zero-order chi connectivity index (χ0) is 22.4. The number of aromatic nitrogens is 2. The summed E-state index contributed by atoms with van der Waals surface area (Å²) in [6, 6.07) is 11.8. The van der Waals surface area contributed by atoms with E-state index in [0.29, 0.717) is 28.3 Å². The van der Waals surface area contributed by atoms with E-state index in [2.05, 4.69) is 22.9 Å². The summed E-state index contributed by atoms with van der Waals surface area (Å²) in [6.07, 6.45) is 2.43. The number of H-pyrrole nitrogens is 1. The van der Waals surface area contributed by atoms with Crippen LogP contribution in [0.5, 0.6) is 5.88 Å². The maximum atomic E-state index is 12.7. The molecule has 2 unspecified atom stereocenters. The molecule has 10 heteroatoms. The van der Waals surface area contributed by atoms with E-state index in [4.69, 9.17) is 0 Å². The monoisotopic (exact) mass is 461 g/mol. The fraction of sp³-hybridized carbons (Fsp3) is 0.286. The summed E-state index contributed by atoms with van der Waals surface area (Å²) < 4.78 is 1.13. The van der Waals surface area contributed by atoms with Gasteiger partial charge in [0.2, 0.25) is 11.8 Å². The van der Waals surface area contributed by atoms with Crippen molar-refractivity contribution >= 4 is 35.8 Å². The molecule has 0 fully saturated rings. The molecule has 0 saturated carbocycles. The summed E-state index contributed by atoms with van der Waals surface area (Å²) in [4.78, 5) is 39.7. The minimum atomic E-state index is -1.21. The second-order valence-corrected chi connectivity index (χ2v) is 8.59. The van der Waals surface area contributed by atoms with Gasteiger partial charge in [-0.1, -0.05) is 30.3 Å². The van der Waals surface area contributed by atoms with Crippen LogP contribution < -0.4 is 11.0 Å². The molecule has 8 nitrogen and oxygen atoms in total. The Labute approximate surface area is 188 Å². The van der Waals surface area contributed by atoms with E-state index in [0.717, 1.165) is 21.5 Å². The molecular weight excluding hydrogens is 438 g/mol. The first-order valence-electron chi connectivity index (χ1n) is 9.62. The Morgan fingerprint density at radius 2 is 1.94 bits per heavy atom. The summed E-state index contributed by atoms with van der Waals surface area (Å²) in [7, 11) is 0. The molecule has 164 valence electrons. The molecule has 0 radical (unpaired) electrons. The zero-order valence-corrected chi connectivity index (χ0v) is 18.2. The van der Waals surface area contributed by atoms with Gasteiger partial charge in [0.15, 0.2) is 6.04 Å². The zero-order valence-electron chi connectivity index (χ0n) is 16.5. The van der Waals surface area contributed by atoms with Crippen LogP contribution in [-0.4, -0.2) is 37.4 Å². The number of hydrogen-bond donors (Lipinski definition) is 5. The average Bonchev–Trinajstić information content (AvgIpc) is 3.35. The summed E-state index contributed by atoms with van der Waals surface area (Å²) in [5, 5.41) is 22.0. The second-order valence-electron chi connectivity index (χ2n) is 7.03. The quantitative estimate of drug-likeness (QED) is 0.297. The number of amides is 1. The van der Waals surface area contributed by atoms with Crippen molar-refractivity contribution in [1.82, 2.24) is 14.9 Å². The second kappa shape index (κ2) is 10.4. The van der Waals surface area contributed by atoms with Crippen LogP contribution in [-0.2, 0) is 22.6 Å². The lowest BCUT2D eigenvalue weighted by Gasteiger charge is -2.18. The number of carboxylic acid groups (broad SMARTS) is 1. The molecule has 2 aromatic heterocycles. The lowest BCUT2D eigenvalue weighted by molar-refractivity contribution is -0.142. The van der Waals surface area contributed by atoms with Crippen LogP contribution in [0.25, 0.3) is 0 Å². The molecule has 1 amide bonds. The van der Waals surface area contributed by atoms with Crippen LogP contribution in [0.3, 0.4) is 0 Å². The van der Waals surface area contributed by atoms with Gasteiger partial charge in [-0.25, -0.2) is 9.59 Å². The van der Waals surface area contributed by atoms with Crippen molar-refractivity contribution in [3.05, 3.63) is 74.5 Å². The van der Waals surface area contributed by atoms with Gasteiger partial charge in [-0.15, -0.1) is 11.3 Å². The highest BCUT2D eigenvalue weighted by Crippen LogP contribution is 2.26. The van der Waals surface area contributed by atoms with Gasteiger partial charge in [0.1, 0.15) is 0 Å². The molecule has 31 heavy (non-hydrogen) atoms. The Balaban J connectivity index is 1.67. The predicted molar refractivity (Wildman–Crippen MR) is 121 cm³/mol. The van der Waals surface area contributed by atoms with E-state index in [1.165, 1.54) is 6.20 Å². The highest BCUT2D eigenvalue weighted by molar-refractivity contribution is 7.80. The number of carboxylic acids is 1. The third-order valence-electron chi connectivity index (χ3n) is 4.88. The maximum Gasteiger partial charge on any atom is 0.331 e. The molecule has 3 aromatic rings. The first kappa shape index (κ1) is 22.7. The Bertz CT molecular complexity index is 1090. The van der Waals surface area contributed by atoms with Crippen LogP contribution in [0.4, 0.5) is 0 Å². The number of carbonyl (C=O) groups excluding carboxylic acids is 1. The van der Waals surface area contributed by atoms with Crippen molar-refractivity contribution in [2.24, 2.45) is 5.92 Å². The minimum Gasteiger partial charge on any atom is -0.493 e. The van der Waals surface area contributed by atoms with Crippen molar-refractivity contribution < 1.29 is 19.8 Å². The molecule has 3 rings (SSSR count). The number of imidazole rings is 1. The third kappa shape index (κ3) is 5.80. The standard InChI is InChI=1S/C21H23N3O5S2/c25-17-10-22-21(29)24(17)11-15-8-9-16(31-15)18(20(27)28)23-19(26)14(12-30)7-6-13-4-2-1-3-5-13/h1-5,8-10,14,18,25,30H,6-7,11-12H2,(H,22,29)(H,23,26)(H,27,28). The first-order valence-corrected chi connectivity index (χ1v) is 11.1. The number of aliphatic carboxylic acids is 1. The number of aryl methyl sites for hydroxylation is 1. The molecule has 2 atom stereocenters. The maximum absolute atomic E-state index is 12.7. The Morgan fingerprint density at radius 1 is 1.19 bits per heavy atom. The van der Waals surface area contributed by atoms with Crippen LogP contribution in [0, 0.1) is 5.92 Å². The number of thiol groups is 1. The first-order chi connectivity index (χ1) is 14.9. The topological polar surface area (TPSA) is 124 Å². The lowest BCUT2D eigenvalue weighted by atomic mass is 9.99. The van der Waals surface area contributed by atoms with Crippen molar-refractivity contribution in [2.45, 2.75) is 25.4 Å². The Hall–Kier alpha value is -2.98. The number of aromatic hydroxyl groups is 1. The number of thiophene rings is 1. The molecule has 0 aliphatic carbocycles. The Kier molecular flexibility index (Phi) is 7.59. The van der Waals surface area contributed by atoms with Crippen molar-refractivity contribution in [2.75, 3.05) is 5.75 Å². The molecule has 0 saturated heterocycles. The number of benzene rings is 1. The van der Waals surface area contributed by atoms with E-state index < -0.39 is 23.6 Å². The molecule has 0 aliphatic heterocycles. The van der Waals surface area contributed by atoms with Gasteiger partial charge in [-0.3, -0.25) is 9.36 Å². The molecule has 1 aromatic carbocycles. The van der Waals surface area contributed by atoms with Gasteiger partial charge in [0, 0.05) is 21.4 Å². The highest BCUT2D eigenvalue weighted by Gasteiger charge is 2.27. The fourth-order valence-electron chi connectivity index (χ4n) is 3.13. The van der Waals surface area contributed by atoms with Crippen molar-refractivity contribution in [3.8, 4) is 5.88 Å². The SMILES string of the molecule is O=C(NC(C(=O)O)c1ccc(Cn2c(O)c[nH]c2=O)s1)C(CS)CCc1ccccc1. The third-order valence-corrected chi connectivity index (χ3v) is 6.45. The highest BCUT2D eigenvalue weighted by atomic mass is 32.1. The lowest BCUT2D eigenvalue weighted by Crippen LogP contribution is -2.38. The van der Waals surface area contributed by atoms with Gasteiger partial charge in [0.25, 0.3) is 0 Å². The molecule has 0 spiro atoms. The van der Waals surface area contributed by atoms with Crippen LogP contribution >= 0.6 is 24.0 Å². The van der Waals surface area contributed by atoms with E-state index in [9.17, 15) is 24.6 Å². The largest absolute Gasteiger partial charge is 0.493 e. The van der Waals surface area contributed by atoms with Gasteiger partial charge >= 0.3 is 11.7 Å². The molecule has 0 aliphatic rings. The normalized spacial score (nSPS) is 12.9. The number of nitrogens with one attached hydrogen (secondary N) is 2. The number of nitrogens with zero attached hydrogens (tertiary/aromatic N) is 1. The summed E-state index contributed by atoms with van der Waals surface area (Å²) in [6.45, 7) is 0.0927. The van der Waals surface area contributed by atoms with Crippen LogP contribution in [0.1, 0.15) is 27.8 Å². The van der Waals surface area contributed by atoms with Gasteiger partial charge < -0.3 is 20.5 Å². The van der Waals surface area contributed by atoms with Gasteiger partial charge in [-0.2, -0.15) is 12.6 Å². The minimum absolute atomic E-state index is 0.0927. The van der Waals surface area contributed by atoms with Crippen LogP contribution in [0.2, 0.25) is 0 Å². The number of aromatic amines is 1. The van der Waals surface area contributed by atoms with Gasteiger partial charge in [-0.05, 0) is 30.5 Å². The fourth-order valence-corrected chi connectivity index (χ4v) is 4.53. The number of hydrogen-bond acceptors (Lipinski definition) is 6. The van der Waals surface area contributed by atoms with Crippen LogP contribution in [0.15, 0.2) is 53.5 Å². The molecular formula is C21H23N3O5S2. The average molecular weight is 462 g/mol. The predicted octanol–water partition coefficient (Wildman–Crippen LogP) is 2.41. The van der Waals surface area contributed by atoms with E-state index in [1.807, 2.05) is 30.3 Å². The summed E-state index contributed by atoms with van der Waals surface area (Å²) in [5.74, 6) is -1.88. The van der Waals surface area contributed by atoms with Crippen molar-refractivity contribution in [1.29, 1.82) is 0 Å². The van der Waals surface area contributed by atoms with Gasteiger partial charge in [0.05, 0.1) is 12.7 Å². The molecule has 4 N–H and O–H groups in total. The van der Waals surface area contributed by atoms with Crippen molar-refractivity contribution in [3.63, 3.8) is 0 Å². The number of carbonyl (C=O) groups is 2. The van der Waals surface area contributed by atoms with E-state index in [-0.39, 0.29) is 18.3 Å². The summed E-state index contributed by atoms with van der Waals surface area (Å²) in [5.41, 5.74) is 0.633. The number of rotatable bonds is 10. The summed E-state index contributed by atoms with van der Waals surface area (Å²) >= 11 is 5.43.